The second kappa shape index (κ2) is 4.75. The number of aromatic nitrogens is 1. The average molecular weight is 323 g/mol. The fourth-order valence-corrected chi connectivity index (χ4v) is 2.10. The van der Waals surface area contributed by atoms with E-state index in [4.69, 9.17) is 27.7 Å². The van der Waals surface area contributed by atoms with Gasteiger partial charge in [-0.2, -0.15) is 0 Å². The lowest BCUT2D eigenvalue weighted by atomic mass is 10.1. The van der Waals surface area contributed by atoms with Crippen LogP contribution in [0.4, 0.5) is 0 Å². The van der Waals surface area contributed by atoms with Crippen molar-refractivity contribution in [3.05, 3.63) is 38.5 Å². The molecule has 0 aliphatic carbocycles. The molecule has 2 rings (SSSR count). The number of benzene rings is 1. The molecule has 0 fully saturated rings. The van der Waals surface area contributed by atoms with E-state index in [0.717, 1.165) is 0 Å². The van der Waals surface area contributed by atoms with Gasteiger partial charge in [0, 0.05) is 5.56 Å². The van der Waals surface area contributed by atoms with Gasteiger partial charge < -0.3 is 9.63 Å². The van der Waals surface area contributed by atoms with Gasteiger partial charge in [-0.05, 0) is 22.0 Å². The fraction of sp³-hybridized carbons (Fsp3) is 0.100. The molecule has 1 aromatic heterocycles. The van der Waals surface area contributed by atoms with Gasteiger partial charge >= 0.3 is 0 Å². The SMILES string of the molecule is OCc1c(-c2cccc(Cl)c2Cl)noc1Br. The van der Waals surface area contributed by atoms with E-state index in [2.05, 4.69) is 21.1 Å². The first-order valence-corrected chi connectivity index (χ1v) is 5.89. The van der Waals surface area contributed by atoms with Gasteiger partial charge in [0.15, 0.2) is 0 Å². The van der Waals surface area contributed by atoms with Gasteiger partial charge in [-0.1, -0.05) is 40.5 Å². The van der Waals surface area contributed by atoms with E-state index in [9.17, 15) is 5.11 Å². The first-order valence-electron chi connectivity index (χ1n) is 4.34. The van der Waals surface area contributed by atoms with Crippen molar-refractivity contribution in [3.63, 3.8) is 0 Å². The Morgan fingerprint density at radius 1 is 1.38 bits per heavy atom. The third-order valence-corrected chi connectivity index (χ3v) is 3.55. The van der Waals surface area contributed by atoms with Crippen LogP contribution < -0.4 is 0 Å². The summed E-state index contributed by atoms with van der Waals surface area (Å²) in [7, 11) is 0. The highest BCUT2D eigenvalue weighted by Gasteiger charge is 2.18. The molecule has 0 radical (unpaired) electrons. The molecule has 1 aromatic carbocycles. The minimum absolute atomic E-state index is 0.192. The van der Waals surface area contributed by atoms with Crippen molar-refractivity contribution >= 4 is 39.1 Å². The maximum atomic E-state index is 9.20. The molecule has 1 N–H and O–H groups in total. The second-order valence-corrected chi connectivity index (χ2v) is 4.55. The van der Waals surface area contributed by atoms with Crippen LogP contribution in [0.5, 0.6) is 0 Å². The molecule has 0 atom stereocenters. The number of hydrogen-bond acceptors (Lipinski definition) is 3. The lowest BCUT2D eigenvalue weighted by Gasteiger charge is -2.03. The summed E-state index contributed by atoms with van der Waals surface area (Å²) in [6.07, 6.45) is 0. The quantitative estimate of drug-likeness (QED) is 0.912. The molecule has 6 heteroatoms. The monoisotopic (exact) mass is 321 g/mol. The van der Waals surface area contributed by atoms with Gasteiger partial charge in [-0.25, -0.2) is 0 Å². The smallest absolute Gasteiger partial charge is 0.208 e. The molecule has 0 unspecified atom stereocenters. The van der Waals surface area contributed by atoms with E-state index in [1.165, 1.54) is 0 Å². The van der Waals surface area contributed by atoms with Crippen LogP contribution in [0.25, 0.3) is 11.3 Å². The third kappa shape index (κ3) is 1.98. The van der Waals surface area contributed by atoms with E-state index in [-0.39, 0.29) is 6.61 Å². The minimum atomic E-state index is -0.192. The number of hydrogen-bond donors (Lipinski definition) is 1. The Labute approximate surface area is 110 Å². The van der Waals surface area contributed by atoms with Crippen LogP contribution in [-0.2, 0) is 6.61 Å². The molecule has 0 spiro atoms. The molecule has 16 heavy (non-hydrogen) atoms. The van der Waals surface area contributed by atoms with Gasteiger partial charge in [0.05, 0.1) is 22.2 Å². The summed E-state index contributed by atoms with van der Waals surface area (Å²) >= 11 is 15.1. The molecule has 1 heterocycles. The van der Waals surface area contributed by atoms with Gasteiger partial charge in [-0.15, -0.1) is 0 Å². The minimum Gasteiger partial charge on any atom is -0.391 e. The Kier molecular flexibility index (Phi) is 3.54. The predicted octanol–water partition coefficient (Wildman–Crippen LogP) is 3.90. The van der Waals surface area contributed by atoms with Crippen molar-refractivity contribution in [1.29, 1.82) is 0 Å². The number of rotatable bonds is 2. The standard InChI is InChI=1S/C10H6BrCl2NO2/c11-10-6(4-15)9(14-16-10)5-2-1-3-7(12)8(5)13/h1-3,15H,4H2. The highest BCUT2D eigenvalue weighted by molar-refractivity contribution is 9.10. The Hall–Kier alpha value is -0.550. The van der Waals surface area contributed by atoms with E-state index in [1.807, 2.05) is 0 Å². The molecule has 3 nitrogen and oxygen atoms in total. The molecular formula is C10H6BrCl2NO2. The van der Waals surface area contributed by atoms with E-state index in [1.54, 1.807) is 18.2 Å². The largest absolute Gasteiger partial charge is 0.391 e. The van der Waals surface area contributed by atoms with Crippen molar-refractivity contribution in [1.82, 2.24) is 5.16 Å². The highest BCUT2D eigenvalue weighted by atomic mass is 79.9. The number of aliphatic hydroxyl groups is 1. The van der Waals surface area contributed by atoms with Gasteiger partial charge in [-0.3, -0.25) is 0 Å². The fourth-order valence-electron chi connectivity index (χ4n) is 1.32. The third-order valence-electron chi connectivity index (χ3n) is 2.11. The second-order valence-electron chi connectivity index (χ2n) is 3.04. The predicted molar refractivity (Wildman–Crippen MR) is 65.6 cm³/mol. The molecule has 0 aliphatic heterocycles. The molecule has 0 amide bonds. The summed E-state index contributed by atoms with van der Waals surface area (Å²) in [5, 5.41) is 13.9. The van der Waals surface area contributed by atoms with Gasteiger partial charge in [0.25, 0.3) is 0 Å². The Bertz CT molecular complexity index is 528. The normalized spacial score (nSPS) is 10.8. The van der Waals surface area contributed by atoms with E-state index in [0.29, 0.717) is 31.5 Å². The number of halogens is 3. The van der Waals surface area contributed by atoms with Crippen molar-refractivity contribution in [2.45, 2.75) is 6.61 Å². The first kappa shape index (κ1) is 11.9. The Morgan fingerprint density at radius 3 is 2.81 bits per heavy atom. The molecule has 84 valence electrons. The molecule has 0 saturated carbocycles. The lowest BCUT2D eigenvalue weighted by Crippen LogP contribution is -1.88. The van der Waals surface area contributed by atoms with Crippen molar-refractivity contribution in [2.24, 2.45) is 0 Å². The zero-order valence-electron chi connectivity index (χ0n) is 7.88. The molecule has 2 aromatic rings. The zero-order valence-corrected chi connectivity index (χ0v) is 11.0. The Morgan fingerprint density at radius 2 is 2.12 bits per heavy atom. The summed E-state index contributed by atoms with van der Waals surface area (Å²) in [5.41, 5.74) is 1.67. The number of aliphatic hydroxyl groups excluding tert-OH is 1. The molecule has 0 aliphatic rings. The first-order chi connectivity index (χ1) is 7.65. The topological polar surface area (TPSA) is 46.3 Å². The number of nitrogens with zero attached hydrogens (tertiary/aromatic N) is 1. The van der Waals surface area contributed by atoms with Crippen LogP contribution in [0.1, 0.15) is 5.56 Å². The summed E-state index contributed by atoms with van der Waals surface area (Å²) in [6.45, 7) is -0.192. The van der Waals surface area contributed by atoms with Crippen molar-refractivity contribution in [2.75, 3.05) is 0 Å². The van der Waals surface area contributed by atoms with Crippen molar-refractivity contribution < 1.29 is 9.63 Å². The summed E-state index contributed by atoms with van der Waals surface area (Å²) in [6, 6.07) is 5.20. The highest BCUT2D eigenvalue weighted by Crippen LogP contribution is 2.36. The van der Waals surface area contributed by atoms with Crippen LogP contribution in [0.2, 0.25) is 10.0 Å². The molecule has 0 saturated heterocycles. The molecular weight excluding hydrogens is 317 g/mol. The van der Waals surface area contributed by atoms with Gasteiger partial charge in [0.2, 0.25) is 4.67 Å². The van der Waals surface area contributed by atoms with Gasteiger partial charge in [0.1, 0.15) is 5.69 Å². The van der Waals surface area contributed by atoms with Crippen LogP contribution in [0, 0.1) is 0 Å². The van der Waals surface area contributed by atoms with Crippen LogP contribution in [-0.4, -0.2) is 10.3 Å². The van der Waals surface area contributed by atoms with E-state index < -0.39 is 0 Å². The summed E-state index contributed by atoms with van der Waals surface area (Å²) in [4.78, 5) is 0. The van der Waals surface area contributed by atoms with Crippen LogP contribution >= 0.6 is 39.1 Å². The summed E-state index contributed by atoms with van der Waals surface area (Å²) in [5.74, 6) is 0. The Balaban J connectivity index is 2.63. The summed E-state index contributed by atoms with van der Waals surface area (Å²) < 4.78 is 5.33. The van der Waals surface area contributed by atoms with E-state index >= 15 is 0 Å². The average Bonchev–Trinajstić information content (AvgIpc) is 2.63. The van der Waals surface area contributed by atoms with Crippen LogP contribution in [0.3, 0.4) is 0 Å². The zero-order chi connectivity index (χ0) is 11.7. The van der Waals surface area contributed by atoms with Crippen molar-refractivity contribution in [3.8, 4) is 11.3 Å². The molecule has 0 bridgehead atoms. The maximum Gasteiger partial charge on any atom is 0.208 e. The maximum absolute atomic E-state index is 9.20. The van der Waals surface area contributed by atoms with Crippen LogP contribution in [0.15, 0.2) is 27.4 Å². The lowest BCUT2D eigenvalue weighted by molar-refractivity contribution is 0.278.